The van der Waals surface area contributed by atoms with Crippen molar-refractivity contribution >= 4 is 29.1 Å². The van der Waals surface area contributed by atoms with Crippen LogP contribution in [-0.2, 0) is 25.8 Å². The maximum absolute atomic E-state index is 12.4. The molecule has 0 unspecified atom stereocenters. The number of ether oxygens (including phenoxy) is 2. The van der Waals surface area contributed by atoms with Crippen molar-refractivity contribution in [3.63, 3.8) is 0 Å². The molecule has 0 saturated heterocycles. The van der Waals surface area contributed by atoms with E-state index in [0.29, 0.717) is 22.6 Å². The number of ketones is 1. The molecular weight excluding hydrogens is 364 g/mol. The number of benzene rings is 2. The Hall–Kier alpha value is -3.68. The van der Waals surface area contributed by atoms with Gasteiger partial charge in [0.15, 0.2) is 5.78 Å². The number of nitrogens with one attached hydrogen (secondary N) is 1. The van der Waals surface area contributed by atoms with Crippen LogP contribution in [0.2, 0.25) is 0 Å². The number of rotatable bonds is 8. The number of carbonyl (C=O) groups excluding carboxylic acids is 3. The molecule has 0 aliphatic heterocycles. The van der Waals surface area contributed by atoms with Crippen LogP contribution in [-0.4, -0.2) is 37.6 Å². The largest absolute Gasteiger partial charge is 0.495 e. The van der Waals surface area contributed by atoms with E-state index in [4.69, 9.17) is 9.57 Å². The van der Waals surface area contributed by atoms with Gasteiger partial charge in [-0.05, 0) is 29.8 Å². The zero-order valence-electron chi connectivity index (χ0n) is 15.7. The molecule has 0 aromatic heterocycles. The fraction of sp³-hybridized carbons (Fsp3) is 0.200. The lowest BCUT2D eigenvalue weighted by Gasteiger charge is -2.10. The Balaban J connectivity index is 2.04. The van der Waals surface area contributed by atoms with E-state index in [0.717, 1.165) is 0 Å². The first kappa shape index (κ1) is 20.6. The van der Waals surface area contributed by atoms with Crippen molar-refractivity contribution in [1.29, 1.82) is 0 Å². The molecule has 0 aliphatic rings. The number of hydrogen-bond donors (Lipinski definition) is 1. The van der Waals surface area contributed by atoms with Gasteiger partial charge in [-0.15, -0.1) is 0 Å². The van der Waals surface area contributed by atoms with Crippen molar-refractivity contribution in [3.05, 3.63) is 59.7 Å². The average molecular weight is 384 g/mol. The Bertz CT molecular complexity index is 890. The summed E-state index contributed by atoms with van der Waals surface area (Å²) in [5.41, 5.74) is 1.12. The van der Waals surface area contributed by atoms with Crippen LogP contribution in [0, 0.1) is 0 Å². The molecule has 2 rings (SSSR count). The van der Waals surface area contributed by atoms with Gasteiger partial charge >= 0.3 is 5.97 Å². The zero-order chi connectivity index (χ0) is 20.5. The van der Waals surface area contributed by atoms with Crippen LogP contribution in [0.5, 0.6) is 5.75 Å². The molecule has 0 fully saturated rings. The van der Waals surface area contributed by atoms with Gasteiger partial charge in [0.1, 0.15) is 12.4 Å². The third-order valence-corrected chi connectivity index (χ3v) is 3.67. The van der Waals surface area contributed by atoms with Gasteiger partial charge in [-0.2, -0.15) is 0 Å². The highest BCUT2D eigenvalue weighted by molar-refractivity contribution is 6.67. The monoisotopic (exact) mass is 384 g/mol. The minimum Gasteiger partial charge on any atom is -0.495 e. The molecule has 8 nitrogen and oxygen atoms in total. The number of carbonyl (C=O) groups is 3. The number of esters is 1. The van der Waals surface area contributed by atoms with E-state index in [-0.39, 0.29) is 12.3 Å². The Morgan fingerprint density at radius 2 is 1.68 bits per heavy atom. The van der Waals surface area contributed by atoms with Crippen LogP contribution >= 0.6 is 0 Å². The van der Waals surface area contributed by atoms with Gasteiger partial charge in [0.05, 0.1) is 25.5 Å². The van der Waals surface area contributed by atoms with Crippen molar-refractivity contribution in [1.82, 2.24) is 0 Å². The summed E-state index contributed by atoms with van der Waals surface area (Å²) in [6, 6.07) is 13.3. The van der Waals surface area contributed by atoms with E-state index in [2.05, 4.69) is 15.2 Å². The summed E-state index contributed by atoms with van der Waals surface area (Å²) in [6.07, 6.45) is 0. The van der Waals surface area contributed by atoms with Crippen LogP contribution in [0.4, 0.5) is 5.69 Å². The van der Waals surface area contributed by atoms with Gasteiger partial charge < -0.3 is 19.6 Å². The number of para-hydroxylation sites is 2. The topological polar surface area (TPSA) is 103 Å². The van der Waals surface area contributed by atoms with E-state index < -0.39 is 17.7 Å². The number of nitrogens with zero attached hydrogens (tertiary/aromatic N) is 1. The van der Waals surface area contributed by atoms with E-state index in [1.807, 2.05) is 0 Å². The fourth-order valence-corrected chi connectivity index (χ4v) is 2.22. The lowest BCUT2D eigenvalue weighted by atomic mass is 10.1. The predicted octanol–water partition coefficient (Wildman–Crippen LogP) is 2.58. The van der Waals surface area contributed by atoms with Crippen molar-refractivity contribution < 1.29 is 28.7 Å². The van der Waals surface area contributed by atoms with Gasteiger partial charge in [-0.25, -0.2) is 4.79 Å². The molecular formula is C20H20N2O6. The van der Waals surface area contributed by atoms with Crippen LogP contribution in [0.3, 0.4) is 0 Å². The first-order chi connectivity index (χ1) is 13.5. The van der Waals surface area contributed by atoms with Gasteiger partial charge in [0.2, 0.25) is 5.71 Å². The van der Waals surface area contributed by atoms with Gasteiger partial charge in [-0.1, -0.05) is 29.4 Å². The first-order valence-electron chi connectivity index (χ1n) is 8.28. The predicted molar refractivity (Wildman–Crippen MR) is 102 cm³/mol. The molecule has 0 atom stereocenters. The third-order valence-electron chi connectivity index (χ3n) is 3.67. The molecule has 2 aromatic rings. The summed E-state index contributed by atoms with van der Waals surface area (Å²) >= 11 is 0. The summed E-state index contributed by atoms with van der Waals surface area (Å²) in [7, 11) is 2.77. The number of methoxy groups -OCH3 is 2. The summed E-state index contributed by atoms with van der Waals surface area (Å²) in [6.45, 7) is 1.23. The smallest absolute Gasteiger partial charge is 0.337 e. The molecule has 0 aliphatic carbocycles. The molecule has 0 spiro atoms. The maximum atomic E-state index is 12.4. The van der Waals surface area contributed by atoms with Crippen molar-refractivity contribution in [3.8, 4) is 5.75 Å². The molecule has 0 saturated carbocycles. The second kappa shape index (κ2) is 9.86. The molecule has 1 amide bonds. The Labute approximate surface area is 162 Å². The Morgan fingerprint density at radius 3 is 2.29 bits per heavy atom. The zero-order valence-corrected chi connectivity index (χ0v) is 15.7. The summed E-state index contributed by atoms with van der Waals surface area (Å²) in [4.78, 5) is 40.7. The van der Waals surface area contributed by atoms with Crippen LogP contribution < -0.4 is 10.1 Å². The molecule has 0 radical (unpaired) electrons. The minimum atomic E-state index is -0.710. The van der Waals surface area contributed by atoms with Crippen LogP contribution in [0.1, 0.15) is 22.8 Å². The number of hydrogen-bond acceptors (Lipinski definition) is 7. The highest BCUT2D eigenvalue weighted by Crippen LogP contribution is 2.22. The second-order valence-electron chi connectivity index (χ2n) is 5.61. The van der Waals surface area contributed by atoms with Gasteiger partial charge in [0, 0.05) is 6.92 Å². The number of anilines is 1. The standard InChI is InChI=1S/C20H20N2O6/c1-13(23)18(19(24)21-16-6-4-5-7-17(16)26-2)22-28-12-14-8-10-15(11-9-14)20(25)27-3/h4-11H,12H2,1-3H3,(H,21,24)/b22-18+. The minimum absolute atomic E-state index is 0.0141. The van der Waals surface area contributed by atoms with E-state index >= 15 is 0 Å². The lowest BCUT2D eigenvalue weighted by Crippen LogP contribution is -2.29. The Morgan fingerprint density at radius 1 is 1.00 bits per heavy atom. The number of Topliss-reactive ketones (excluding diaryl/α,β-unsaturated/α-hetero) is 1. The highest BCUT2D eigenvalue weighted by atomic mass is 16.6. The van der Waals surface area contributed by atoms with Gasteiger partial charge in [-0.3, -0.25) is 9.59 Å². The molecule has 146 valence electrons. The normalized spacial score (nSPS) is 10.8. The van der Waals surface area contributed by atoms with Crippen LogP contribution in [0.15, 0.2) is 53.7 Å². The summed E-state index contributed by atoms with van der Waals surface area (Å²) in [5, 5.41) is 6.24. The lowest BCUT2D eigenvalue weighted by molar-refractivity contribution is -0.114. The quantitative estimate of drug-likeness (QED) is 0.325. The maximum Gasteiger partial charge on any atom is 0.337 e. The molecule has 0 heterocycles. The molecule has 8 heteroatoms. The summed E-state index contributed by atoms with van der Waals surface area (Å²) < 4.78 is 9.78. The Kier molecular flexibility index (Phi) is 7.27. The van der Waals surface area contributed by atoms with Crippen molar-refractivity contribution in [2.75, 3.05) is 19.5 Å². The first-order valence-corrected chi connectivity index (χ1v) is 8.28. The molecule has 28 heavy (non-hydrogen) atoms. The SMILES string of the molecule is COC(=O)c1ccc(CO/N=C(\C(C)=O)C(=O)Nc2ccccc2OC)cc1. The second-order valence-corrected chi connectivity index (χ2v) is 5.61. The molecule has 2 aromatic carbocycles. The summed E-state index contributed by atoms with van der Waals surface area (Å²) in [5.74, 6) is -1.26. The molecule has 0 bridgehead atoms. The number of amides is 1. The van der Waals surface area contributed by atoms with E-state index in [1.54, 1.807) is 48.5 Å². The average Bonchev–Trinajstić information content (AvgIpc) is 2.71. The molecule has 1 N–H and O–H groups in total. The fourth-order valence-electron chi connectivity index (χ4n) is 2.22. The third kappa shape index (κ3) is 5.41. The number of oxime groups is 1. The van der Waals surface area contributed by atoms with Gasteiger partial charge in [0.25, 0.3) is 5.91 Å². The van der Waals surface area contributed by atoms with Crippen molar-refractivity contribution in [2.24, 2.45) is 5.16 Å². The van der Waals surface area contributed by atoms with Crippen LogP contribution in [0.25, 0.3) is 0 Å². The highest BCUT2D eigenvalue weighted by Gasteiger charge is 2.19. The van der Waals surface area contributed by atoms with E-state index in [9.17, 15) is 14.4 Å². The van der Waals surface area contributed by atoms with Crippen molar-refractivity contribution in [2.45, 2.75) is 13.5 Å². The van der Waals surface area contributed by atoms with E-state index in [1.165, 1.54) is 21.1 Å².